The molecule has 0 bridgehead atoms. The summed E-state index contributed by atoms with van der Waals surface area (Å²) in [7, 11) is 0. The summed E-state index contributed by atoms with van der Waals surface area (Å²) >= 11 is 0. The van der Waals surface area contributed by atoms with Gasteiger partial charge < -0.3 is 5.32 Å². The van der Waals surface area contributed by atoms with Gasteiger partial charge in [0.05, 0.1) is 17.5 Å². The fourth-order valence-corrected chi connectivity index (χ4v) is 3.12. The predicted octanol–water partition coefficient (Wildman–Crippen LogP) is 2.95. The first-order valence-electron chi connectivity index (χ1n) is 9.18. The maximum atomic E-state index is 12.5. The molecule has 0 spiro atoms. The predicted molar refractivity (Wildman–Crippen MR) is 108 cm³/mol. The van der Waals surface area contributed by atoms with Crippen molar-refractivity contribution in [1.82, 2.24) is 15.1 Å². The van der Waals surface area contributed by atoms with Gasteiger partial charge in [0.2, 0.25) is 5.91 Å². The van der Waals surface area contributed by atoms with Crippen molar-refractivity contribution < 1.29 is 4.79 Å². The van der Waals surface area contributed by atoms with Gasteiger partial charge in [-0.05, 0) is 36.9 Å². The van der Waals surface area contributed by atoms with Gasteiger partial charge in [0.25, 0.3) is 5.56 Å². The zero-order valence-corrected chi connectivity index (χ0v) is 15.7. The number of carbonyl (C=O) groups excluding carboxylic acids is 1. The fourth-order valence-electron chi connectivity index (χ4n) is 3.12. The van der Waals surface area contributed by atoms with E-state index in [0.29, 0.717) is 16.5 Å². The van der Waals surface area contributed by atoms with Crippen LogP contribution in [0.5, 0.6) is 0 Å². The van der Waals surface area contributed by atoms with Gasteiger partial charge in [-0.3, -0.25) is 14.5 Å². The summed E-state index contributed by atoms with van der Waals surface area (Å²) in [5.74, 6) is -0.167. The van der Waals surface area contributed by atoms with Gasteiger partial charge in [0.15, 0.2) is 0 Å². The molecular weight excluding hydrogens is 340 g/mol. The van der Waals surface area contributed by atoms with Crippen molar-refractivity contribution in [2.75, 3.05) is 18.4 Å². The molecule has 3 rings (SSSR count). The smallest absolute Gasteiger partial charge is 0.272 e. The third kappa shape index (κ3) is 4.60. The molecule has 0 aliphatic heterocycles. The van der Waals surface area contributed by atoms with Crippen LogP contribution in [0.2, 0.25) is 0 Å². The number of aromatic amines is 1. The number of fused-ring (bicyclic) bond motifs is 1. The number of H-pyrrole nitrogens is 1. The van der Waals surface area contributed by atoms with Gasteiger partial charge in [0, 0.05) is 17.6 Å². The van der Waals surface area contributed by atoms with Crippen LogP contribution >= 0.6 is 0 Å². The first kappa shape index (κ1) is 18.8. The molecule has 0 aliphatic carbocycles. The van der Waals surface area contributed by atoms with Gasteiger partial charge in [-0.15, -0.1) is 0 Å². The topological polar surface area (TPSA) is 78.1 Å². The molecule has 6 nitrogen and oxygen atoms in total. The second-order valence-electron chi connectivity index (χ2n) is 6.43. The second-order valence-corrected chi connectivity index (χ2v) is 6.43. The first-order valence-corrected chi connectivity index (χ1v) is 9.18. The number of rotatable bonds is 7. The lowest BCUT2D eigenvalue weighted by molar-refractivity contribution is -0.115. The minimum atomic E-state index is -0.251. The first-order chi connectivity index (χ1) is 13.1. The van der Waals surface area contributed by atoms with Crippen molar-refractivity contribution in [3.8, 4) is 0 Å². The van der Waals surface area contributed by atoms with Crippen molar-refractivity contribution >= 4 is 22.4 Å². The molecule has 27 heavy (non-hydrogen) atoms. The quantitative estimate of drug-likeness (QED) is 0.676. The average molecular weight is 364 g/mol. The summed E-state index contributed by atoms with van der Waals surface area (Å²) in [6.07, 6.45) is 0.0948. The molecular formula is C21H24N4O2. The van der Waals surface area contributed by atoms with E-state index >= 15 is 0 Å². The van der Waals surface area contributed by atoms with E-state index in [9.17, 15) is 9.59 Å². The normalized spacial score (nSPS) is 11.1. The Bertz CT molecular complexity index is 993. The molecule has 3 aromatic rings. The number of nitrogens with one attached hydrogen (secondary N) is 2. The van der Waals surface area contributed by atoms with Gasteiger partial charge in [-0.1, -0.05) is 44.2 Å². The third-order valence-corrected chi connectivity index (χ3v) is 4.61. The molecule has 1 aromatic heterocycles. The van der Waals surface area contributed by atoms with E-state index in [1.54, 1.807) is 12.1 Å². The zero-order chi connectivity index (χ0) is 19.2. The van der Waals surface area contributed by atoms with E-state index in [1.807, 2.05) is 30.3 Å². The van der Waals surface area contributed by atoms with E-state index in [-0.39, 0.29) is 17.9 Å². The van der Waals surface area contributed by atoms with Crippen LogP contribution in [0.15, 0.2) is 53.3 Å². The Kier molecular flexibility index (Phi) is 5.98. The fraction of sp³-hybridized carbons (Fsp3) is 0.286. The van der Waals surface area contributed by atoms with Crippen molar-refractivity contribution in [3.05, 3.63) is 70.1 Å². The number of amides is 1. The highest BCUT2D eigenvalue weighted by molar-refractivity contribution is 5.95. The van der Waals surface area contributed by atoms with Crippen molar-refractivity contribution in [2.24, 2.45) is 0 Å². The zero-order valence-electron chi connectivity index (χ0n) is 15.7. The van der Waals surface area contributed by atoms with E-state index in [1.165, 1.54) is 0 Å². The standard InChI is InChI=1S/C21H24N4O2/c1-3-25(4-2)14-15-8-7-9-16(12-15)22-20(26)13-19-17-10-5-6-11-18(17)21(27)24-23-19/h5-12H,3-4,13-14H2,1-2H3,(H,22,26)(H,24,27). The summed E-state index contributed by atoms with van der Waals surface area (Å²) in [6.45, 7) is 7.09. The molecule has 0 aliphatic rings. The van der Waals surface area contributed by atoms with Crippen LogP contribution in [0, 0.1) is 0 Å². The van der Waals surface area contributed by atoms with Crippen LogP contribution in [0.25, 0.3) is 10.8 Å². The number of aromatic nitrogens is 2. The van der Waals surface area contributed by atoms with E-state index in [2.05, 4.69) is 40.3 Å². The molecule has 1 heterocycles. The molecule has 140 valence electrons. The van der Waals surface area contributed by atoms with Crippen molar-refractivity contribution in [3.63, 3.8) is 0 Å². The highest BCUT2D eigenvalue weighted by Gasteiger charge is 2.11. The van der Waals surface area contributed by atoms with Crippen LogP contribution in [0.1, 0.15) is 25.1 Å². The lowest BCUT2D eigenvalue weighted by Crippen LogP contribution is -2.22. The van der Waals surface area contributed by atoms with E-state index in [0.717, 1.165) is 30.9 Å². The van der Waals surface area contributed by atoms with Crippen LogP contribution in [-0.2, 0) is 17.8 Å². The summed E-state index contributed by atoms with van der Waals surface area (Å²) in [6, 6.07) is 15.0. The van der Waals surface area contributed by atoms with E-state index < -0.39 is 0 Å². The average Bonchev–Trinajstić information content (AvgIpc) is 2.69. The number of hydrogen-bond acceptors (Lipinski definition) is 4. The van der Waals surface area contributed by atoms with Gasteiger partial charge in [-0.2, -0.15) is 5.10 Å². The van der Waals surface area contributed by atoms with Crippen molar-refractivity contribution in [1.29, 1.82) is 0 Å². The van der Waals surface area contributed by atoms with Crippen LogP contribution in [0.3, 0.4) is 0 Å². The van der Waals surface area contributed by atoms with Crippen LogP contribution < -0.4 is 10.9 Å². The molecule has 0 atom stereocenters. The number of benzene rings is 2. The molecule has 2 N–H and O–H groups in total. The molecule has 0 saturated carbocycles. The summed E-state index contributed by atoms with van der Waals surface area (Å²) in [5.41, 5.74) is 2.23. The monoisotopic (exact) mass is 364 g/mol. The van der Waals surface area contributed by atoms with Crippen LogP contribution in [0.4, 0.5) is 5.69 Å². The minimum absolute atomic E-state index is 0.0948. The third-order valence-electron chi connectivity index (χ3n) is 4.61. The molecule has 2 aromatic carbocycles. The molecule has 0 radical (unpaired) electrons. The number of anilines is 1. The Morgan fingerprint density at radius 1 is 1.07 bits per heavy atom. The van der Waals surface area contributed by atoms with Gasteiger partial charge in [-0.25, -0.2) is 5.10 Å². The molecule has 1 amide bonds. The lowest BCUT2D eigenvalue weighted by atomic mass is 10.1. The Balaban J connectivity index is 1.73. The molecule has 0 fully saturated rings. The highest BCUT2D eigenvalue weighted by Crippen LogP contribution is 2.15. The summed E-state index contributed by atoms with van der Waals surface area (Å²) in [5, 5.41) is 10.7. The Hall–Kier alpha value is -2.99. The maximum Gasteiger partial charge on any atom is 0.272 e. The lowest BCUT2D eigenvalue weighted by Gasteiger charge is -2.18. The summed E-state index contributed by atoms with van der Waals surface area (Å²) < 4.78 is 0. The minimum Gasteiger partial charge on any atom is -0.326 e. The Morgan fingerprint density at radius 2 is 1.81 bits per heavy atom. The van der Waals surface area contributed by atoms with Crippen LogP contribution in [-0.4, -0.2) is 34.1 Å². The highest BCUT2D eigenvalue weighted by atomic mass is 16.1. The summed E-state index contributed by atoms with van der Waals surface area (Å²) in [4.78, 5) is 26.7. The molecule has 0 unspecified atom stereocenters. The Morgan fingerprint density at radius 3 is 2.56 bits per heavy atom. The number of hydrogen-bond donors (Lipinski definition) is 2. The second kappa shape index (κ2) is 8.60. The Labute approximate surface area is 158 Å². The number of nitrogens with zero attached hydrogens (tertiary/aromatic N) is 2. The number of carbonyl (C=O) groups is 1. The van der Waals surface area contributed by atoms with E-state index in [4.69, 9.17) is 0 Å². The molecule has 6 heteroatoms. The largest absolute Gasteiger partial charge is 0.326 e. The maximum absolute atomic E-state index is 12.5. The van der Waals surface area contributed by atoms with Gasteiger partial charge in [0.1, 0.15) is 0 Å². The SMILES string of the molecule is CCN(CC)Cc1cccc(NC(=O)Cc2n[nH]c(=O)c3ccccc23)c1. The van der Waals surface area contributed by atoms with Crippen molar-refractivity contribution in [2.45, 2.75) is 26.8 Å². The van der Waals surface area contributed by atoms with Gasteiger partial charge >= 0.3 is 0 Å². The molecule has 0 saturated heterocycles.